The maximum atomic E-state index is 13.0. The minimum absolute atomic E-state index is 0.00454. The Balaban J connectivity index is 1.68. The van der Waals surface area contributed by atoms with E-state index in [0.29, 0.717) is 43.4 Å². The molecule has 1 heterocycles. The van der Waals surface area contributed by atoms with Gasteiger partial charge in [-0.1, -0.05) is 26.3 Å². The third-order valence-corrected chi connectivity index (χ3v) is 5.45. The lowest BCUT2D eigenvalue weighted by molar-refractivity contribution is -0.139. The van der Waals surface area contributed by atoms with Crippen molar-refractivity contribution < 1.29 is 14.3 Å². The van der Waals surface area contributed by atoms with E-state index < -0.39 is 0 Å². The van der Waals surface area contributed by atoms with Crippen LogP contribution in [-0.2, 0) is 4.79 Å². The largest absolute Gasteiger partial charge is 0.496 e. The number of hydrogen-bond donors (Lipinski definition) is 0. The van der Waals surface area contributed by atoms with Crippen molar-refractivity contribution in [2.24, 2.45) is 5.92 Å². The van der Waals surface area contributed by atoms with Crippen molar-refractivity contribution in [3.63, 3.8) is 0 Å². The summed E-state index contributed by atoms with van der Waals surface area (Å²) in [6.07, 6.45) is 3.22. The Hall–Kier alpha value is -2.04. The zero-order valence-corrected chi connectivity index (χ0v) is 15.5. The number of benzene rings is 1. The lowest BCUT2D eigenvalue weighted by atomic mass is 9.84. The van der Waals surface area contributed by atoms with Crippen LogP contribution in [0.3, 0.4) is 0 Å². The second-order valence-electron chi connectivity index (χ2n) is 7.36. The predicted molar refractivity (Wildman–Crippen MR) is 96.9 cm³/mol. The first-order valence-electron chi connectivity index (χ1n) is 9.27. The Kier molecular flexibility index (Phi) is 5.30. The second-order valence-corrected chi connectivity index (χ2v) is 7.36. The fraction of sp³-hybridized carbons (Fsp3) is 0.600. The highest BCUT2D eigenvalue weighted by Crippen LogP contribution is 2.29. The maximum absolute atomic E-state index is 13.0. The summed E-state index contributed by atoms with van der Waals surface area (Å²) in [5.41, 5.74) is 1.75. The van der Waals surface area contributed by atoms with Crippen LogP contribution in [0, 0.1) is 5.92 Å². The molecule has 0 N–H and O–H groups in total. The van der Waals surface area contributed by atoms with Gasteiger partial charge in [-0.3, -0.25) is 9.59 Å². The van der Waals surface area contributed by atoms with Crippen LogP contribution in [0.5, 0.6) is 5.75 Å². The highest BCUT2D eigenvalue weighted by Gasteiger charge is 2.32. The summed E-state index contributed by atoms with van der Waals surface area (Å²) in [6, 6.07) is 5.83. The van der Waals surface area contributed by atoms with Gasteiger partial charge in [-0.15, -0.1) is 0 Å². The molecule has 1 aliphatic heterocycles. The lowest BCUT2D eigenvalue weighted by Gasteiger charge is -2.38. The first-order chi connectivity index (χ1) is 12.0. The molecule has 0 atom stereocenters. The normalized spacial score (nSPS) is 18.2. The van der Waals surface area contributed by atoms with Gasteiger partial charge in [0.2, 0.25) is 5.91 Å². The Morgan fingerprint density at radius 2 is 1.72 bits per heavy atom. The van der Waals surface area contributed by atoms with Gasteiger partial charge in [0.25, 0.3) is 5.91 Å². The van der Waals surface area contributed by atoms with Crippen LogP contribution >= 0.6 is 0 Å². The Morgan fingerprint density at radius 3 is 2.24 bits per heavy atom. The molecule has 136 valence electrons. The second kappa shape index (κ2) is 7.46. The van der Waals surface area contributed by atoms with Gasteiger partial charge in [-0.25, -0.2) is 0 Å². The van der Waals surface area contributed by atoms with Crippen molar-refractivity contribution in [3.05, 3.63) is 29.3 Å². The SMILES string of the molecule is COc1ccc(C(C)C)cc1C(=O)N1CCN(C(=O)C2CCC2)CC1. The van der Waals surface area contributed by atoms with Crippen molar-refractivity contribution in [3.8, 4) is 5.75 Å². The number of methoxy groups -OCH3 is 1. The summed E-state index contributed by atoms with van der Waals surface area (Å²) in [5.74, 6) is 1.47. The number of rotatable bonds is 4. The van der Waals surface area contributed by atoms with Crippen LogP contribution in [0.15, 0.2) is 18.2 Å². The summed E-state index contributed by atoms with van der Waals surface area (Å²) < 4.78 is 5.39. The van der Waals surface area contributed by atoms with Gasteiger partial charge < -0.3 is 14.5 Å². The molecule has 0 bridgehead atoms. The van der Waals surface area contributed by atoms with Gasteiger partial charge in [0.05, 0.1) is 12.7 Å². The zero-order chi connectivity index (χ0) is 18.0. The fourth-order valence-electron chi connectivity index (χ4n) is 3.47. The lowest BCUT2D eigenvalue weighted by Crippen LogP contribution is -2.52. The van der Waals surface area contributed by atoms with Crippen LogP contribution in [0.4, 0.5) is 0 Å². The number of piperazine rings is 1. The Labute approximate surface area is 149 Å². The molecule has 1 aromatic carbocycles. The summed E-state index contributed by atoms with van der Waals surface area (Å²) in [7, 11) is 1.59. The number of hydrogen-bond acceptors (Lipinski definition) is 3. The van der Waals surface area contributed by atoms with Gasteiger partial charge in [0.1, 0.15) is 5.75 Å². The molecule has 1 aliphatic carbocycles. The molecule has 5 nitrogen and oxygen atoms in total. The van der Waals surface area contributed by atoms with Crippen molar-refractivity contribution in [1.82, 2.24) is 9.80 Å². The average molecular weight is 344 g/mol. The van der Waals surface area contributed by atoms with E-state index in [1.165, 1.54) is 6.42 Å². The van der Waals surface area contributed by atoms with Gasteiger partial charge in [0.15, 0.2) is 0 Å². The van der Waals surface area contributed by atoms with E-state index in [9.17, 15) is 9.59 Å². The highest BCUT2D eigenvalue weighted by atomic mass is 16.5. The van der Waals surface area contributed by atoms with Gasteiger partial charge in [-0.2, -0.15) is 0 Å². The van der Waals surface area contributed by atoms with Crippen molar-refractivity contribution in [1.29, 1.82) is 0 Å². The molecule has 0 spiro atoms. The monoisotopic (exact) mass is 344 g/mol. The zero-order valence-electron chi connectivity index (χ0n) is 15.5. The van der Waals surface area contributed by atoms with E-state index in [0.717, 1.165) is 18.4 Å². The quantitative estimate of drug-likeness (QED) is 0.844. The predicted octanol–water partition coefficient (Wildman–Crippen LogP) is 2.90. The minimum atomic E-state index is -0.00454. The van der Waals surface area contributed by atoms with Gasteiger partial charge in [-0.05, 0) is 36.5 Å². The first-order valence-corrected chi connectivity index (χ1v) is 9.27. The van der Waals surface area contributed by atoms with E-state index in [1.807, 2.05) is 28.0 Å². The van der Waals surface area contributed by atoms with Crippen molar-refractivity contribution in [2.75, 3.05) is 33.3 Å². The summed E-state index contributed by atoms with van der Waals surface area (Å²) >= 11 is 0. The molecule has 2 amide bonds. The number of amides is 2. The number of nitrogens with zero attached hydrogens (tertiary/aromatic N) is 2. The van der Waals surface area contributed by atoms with Crippen LogP contribution < -0.4 is 4.74 Å². The molecule has 2 fully saturated rings. The van der Waals surface area contributed by atoms with Gasteiger partial charge >= 0.3 is 0 Å². The van der Waals surface area contributed by atoms with E-state index in [-0.39, 0.29) is 17.7 Å². The van der Waals surface area contributed by atoms with E-state index in [2.05, 4.69) is 13.8 Å². The number of carbonyl (C=O) groups excluding carboxylic acids is 2. The standard InChI is InChI=1S/C20H28N2O3/c1-14(2)16-7-8-18(25-3)17(13-16)20(24)22-11-9-21(10-12-22)19(23)15-5-4-6-15/h7-8,13-15H,4-6,9-12H2,1-3H3. The number of ether oxygens (including phenoxy) is 1. The van der Waals surface area contributed by atoms with E-state index in [1.54, 1.807) is 7.11 Å². The molecule has 25 heavy (non-hydrogen) atoms. The van der Waals surface area contributed by atoms with Crippen molar-refractivity contribution in [2.45, 2.75) is 39.0 Å². The molecule has 1 saturated carbocycles. The fourth-order valence-corrected chi connectivity index (χ4v) is 3.47. The molecule has 0 aromatic heterocycles. The molecule has 0 radical (unpaired) electrons. The number of carbonyl (C=O) groups is 2. The average Bonchev–Trinajstić information content (AvgIpc) is 2.59. The summed E-state index contributed by atoms with van der Waals surface area (Å²) in [6.45, 7) is 6.67. The molecule has 1 aromatic rings. The first kappa shape index (κ1) is 17.8. The molecule has 3 rings (SSSR count). The minimum Gasteiger partial charge on any atom is -0.496 e. The third-order valence-electron chi connectivity index (χ3n) is 5.45. The molecular weight excluding hydrogens is 316 g/mol. The molecule has 0 unspecified atom stereocenters. The molecule has 2 aliphatic rings. The molecule has 5 heteroatoms. The van der Waals surface area contributed by atoms with Crippen molar-refractivity contribution >= 4 is 11.8 Å². The maximum Gasteiger partial charge on any atom is 0.257 e. The summed E-state index contributed by atoms with van der Waals surface area (Å²) in [4.78, 5) is 29.1. The Bertz CT molecular complexity index is 644. The van der Waals surface area contributed by atoms with Crippen LogP contribution in [0.1, 0.15) is 54.9 Å². The van der Waals surface area contributed by atoms with Gasteiger partial charge in [0, 0.05) is 32.1 Å². The van der Waals surface area contributed by atoms with Crippen LogP contribution in [0.2, 0.25) is 0 Å². The highest BCUT2D eigenvalue weighted by molar-refractivity contribution is 5.97. The van der Waals surface area contributed by atoms with E-state index >= 15 is 0 Å². The smallest absolute Gasteiger partial charge is 0.257 e. The Morgan fingerprint density at radius 1 is 1.08 bits per heavy atom. The van der Waals surface area contributed by atoms with Crippen LogP contribution in [-0.4, -0.2) is 54.9 Å². The summed E-state index contributed by atoms with van der Waals surface area (Å²) in [5, 5.41) is 0. The van der Waals surface area contributed by atoms with Crippen LogP contribution in [0.25, 0.3) is 0 Å². The molecular formula is C20H28N2O3. The third kappa shape index (κ3) is 3.65. The topological polar surface area (TPSA) is 49.9 Å². The molecule has 1 saturated heterocycles. The van der Waals surface area contributed by atoms with E-state index in [4.69, 9.17) is 4.74 Å².